The van der Waals surface area contributed by atoms with E-state index in [-0.39, 0.29) is 51.4 Å². The third-order valence-corrected chi connectivity index (χ3v) is 2.19. The van der Waals surface area contributed by atoms with Gasteiger partial charge in [-0.15, -0.1) is 0 Å². The third kappa shape index (κ3) is 5.36. The number of carboxylic acids is 1. The SMILES string of the molecule is O=C(O)CC1CCCCC1.[KH]. The average Bonchev–Trinajstić information content (AvgIpc) is 1.88. The predicted octanol–water partition coefficient (Wildman–Crippen LogP) is 1.39. The Morgan fingerprint density at radius 2 is 1.82 bits per heavy atom. The van der Waals surface area contributed by atoms with Crippen LogP contribution < -0.4 is 0 Å². The van der Waals surface area contributed by atoms with Crippen LogP contribution in [0.2, 0.25) is 0 Å². The molecule has 0 spiro atoms. The zero-order chi connectivity index (χ0) is 7.40. The molecule has 0 aromatic heterocycles. The van der Waals surface area contributed by atoms with Gasteiger partial charge in [-0.3, -0.25) is 4.79 Å². The molecule has 0 amide bonds. The fraction of sp³-hybridized carbons (Fsp3) is 0.875. The van der Waals surface area contributed by atoms with Crippen molar-refractivity contribution in [2.24, 2.45) is 5.92 Å². The maximum atomic E-state index is 10.3. The number of rotatable bonds is 2. The average molecular weight is 182 g/mol. The van der Waals surface area contributed by atoms with Crippen molar-refractivity contribution in [2.75, 3.05) is 0 Å². The van der Waals surface area contributed by atoms with Crippen LogP contribution in [0.3, 0.4) is 0 Å². The molecular weight excluding hydrogens is 167 g/mol. The van der Waals surface area contributed by atoms with Crippen molar-refractivity contribution in [3.63, 3.8) is 0 Å². The summed E-state index contributed by atoms with van der Waals surface area (Å²) >= 11 is 0. The molecule has 0 aromatic carbocycles. The summed E-state index contributed by atoms with van der Waals surface area (Å²) in [4.78, 5) is 10.3. The second-order valence-electron chi connectivity index (χ2n) is 3.10. The van der Waals surface area contributed by atoms with Crippen LogP contribution in [0.25, 0.3) is 0 Å². The zero-order valence-corrected chi connectivity index (χ0v) is 6.18. The van der Waals surface area contributed by atoms with Gasteiger partial charge in [-0.05, 0) is 18.8 Å². The van der Waals surface area contributed by atoms with Gasteiger partial charge in [-0.25, -0.2) is 0 Å². The first-order valence-corrected chi connectivity index (χ1v) is 4.01. The van der Waals surface area contributed by atoms with Gasteiger partial charge < -0.3 is 5.11 Å². The van der Waals surface area contributed by atoms with Crippen molar-refractivity contribution in [3.05, 3.63) is 0 Å². The van der Waals surface area contributed by atoms with E-state index in [1.54, 1.807) is 0 Å². The first kappa shape index (κ1) is 12.1. The van der Waals surface area contributed by atoms with Crippen LogP contribution in [0, 0.1) is 5.92 Å². The van der Waals surface area contributed by atoms with Gasteiger partial charge >= 0.3 is 57.4 Å². The van der Waals surface area contributed by atoms with Gasteiger partial charge in [-0.2, -0.15) is 0 Å². The Hall–Kier alpha value is 1.11. The summed E-state index contributed by atoms with van der Waals surface area (Å²) in [6, 6.07) is 0. The van der Waals surface area contributed by atoms with Crippen molar-refractivity contribution in [3.8, 4) is 0 Å². The number of hydrogen-bond donors (Lipinski definition) is 1. The minimum absolute atomic E-state index is 0. The summed E-state index contributed by atoms with van der Waals surface area (Å²) in [6.07, 6.45) is 6.42. The number of carboxylic acid groups (broad SMARTS) is 1. The van der Waals surface area contributed by atoms with E-state index >= 15 is 0 Å². The molecule has 1 N–H and O–H groups in total. The molecule has 1 aliphatic carbocycles. The molecule has 0 aliphatic heterocycles. The van der Waals surface area contributed by atoms with Gasteiger partial charge in [0, 0.05) is 6.42 Å². The maximum absolute atomic E-state index is 10.3. The molecule has 60 valence electrons. The molecule has 0 saturated heterocycles. The van der Waals surface area contributed by atoms with Crippen LogP contribution in [-0.2, 0) is 4.79 Å². The molecule has 1 fully saturated rings. The zero-order valence-electron chi connectivity index (χ0n) is 6.18. The molecule has 1 rings (SSSR count). The van der Waals surface area contributed by atoms with Gasteiger partial charge in [0.1, 0.15) is 0 Å². The first-order valence-electron chi connectivity index (χ1n) is 4.01. The second kappa shape index (κ2) is 6.60. The molecule has 0 unspecified atom stereocenters. The first-order chi connectivity index (χ1) is 4.79. The van der Waals surface area contributed by atoms with E-state index in [2.05, 4.69) is 0 Å². The van der Waals surface area contributed by atoms with Gasteiger partial charge in [0.05, 0.1) is 0 Å². The fourth-order valence-electron chi connectivity index (χ4n) is 1.64. The van der Waals surface area contributed by atoms with Crippen molar-refractivity contribution in [2.45, 2.75) is 38.5 Å². The standard InChI is InChI=1S/C8H14O2.K.H/c9-8(10)6-7-4-2-1-3-5-7;;/h7H,1-6H2,(H,9,10);;. The van der Waals surface area contributed by atoms with Crippen LogP contribution in [-0.4, -0.2) is 62.5 Å². The van der Waals surface area contributed by atoms with Crippen LogP contribution in [0.1, 0.15) is 38.5 Å². The van der Waals surface area contributed by atoms with Crippen molar-refractivity contribution < 1.29 is 9.90 Å². The van der Waals surface area contributed by atoms with Crippen molar-refractivity contribution >= 4 is 57.4 Å². The van der Waals surface area contributed by atoms with E-state index in [0.717, 1.165) is 12.8 Å². The summed E-state index contributed by atoms with van der Waals surface area (Å²) < 4.78 is 0. The van der Waals surface area contributed by atoms with Gasteiger partial charge in [0.25, 0.3) is 0 Å². The molecule has 0 atom stereocenters. The molecule has 0 bridgehead atoms. The monoisotopic (exact) mass is 182 g/mol. The Morgan fingerprint density at radius 1 is 1.27 bits per heavy atom. The summed E-state index contributed by atoms with van der Waals surface area (Å²) in [5.74, 6) is -0.154. The van der Waals surface area contributed by atoms with E-state index < -0.39 is 5.97 Å². The van der Waals surface area contributed by atoms with E-state index in [9.17, 15) is 4.79 Å². The van der Waals surface area contributed by atoms with Crippen LogP contribution in [0.4, 0.5) is 0 Å². The quantitative estimate of drug-likeness (QED) is 0.655. The van der Waals surface area contributed by atoms with Gasteiger partial charge in [0.2, 0.25) is 0 Å². The van der Waals surface area contributed by atoms with E-state index in [4.69, 9.17) is 5.11 Å². The van der Waals surface area contributed by atoms with E-state index in [0.29, 0.717) is 12.3 Å². The van der Waals surface area contributed by atoms with Gasteiger partial charge in [0.15, 0.2) is 0 Å². The van der Waals surface area contributed by atoms with Crippen LogP contribution >= 0.6 is 0 Å². The van der Waals surface area contributed by atoms with E-state index in [1.165, 1.54) is 19.3 Å². The molecule has 3 heteroatoms. The Kier molecular flexibility index (Phi) is 7.27. The fourth-order valence-corrected chi connectivity index (χ4v) is 1.64. The summed E-state index contributed by atoms with van der Waals surface area (Å²) in [7, 11) is 0. The molecule has 2 nitrogen and oxygen atoms in total. The second-order valence-corrected chi connectivity index (χ2v) is 3.10. The van der Waals surface area contributed by atoms with Crippen molar-refractivity contribution in [1.82, 2.24) is 0 Å². The number of carbonyl (C=O) groups is 1. The molecule has 0 heterocycles. The summed E-state index contributed by atoms with van der Waals surface area (Å²) in [6.45, 7) is 0. The molecule has 0 radical (unpaired) electrons. The third-order valence-electron chi connectivity index (χ3n) is 2.19. The Balaban J connectivity index is 0.000001000. The van der Waals surface area contributed by atoms with Gasteiger partial charge in [-0.1, -0.05) is 19.3 Å². The number of aliphatic carboxylic acids is 1. The van der Waals surface area contributed by atoms with Crippen LogP contribution in [0.15, 0.2) is 0 Å². The summed E-state index contributed by atoms with van der Waals surface area (Å²) in [5, 5.41) is 8.47. The Labute approximate surface area is 110 Å². The Morgan fingerprint density at radius 3 is 2.27 bits per heavy atom. The normalized spacial score (nSPS) is 18.9. The molecule has 11 heavy (non-hydrogen) atoms. The molecule has 1 aliphatic rings. The van der Waals surface area contributed by atoms with Crippen LogP contribution in [0.5, 0.6) is 0 Å². The molecule has 1 saturated carbocycles. The molecular formula is C8H15KO2. The summed E-state index contributed by atoms with van der Waals surface area (Å²) in [5.41, 5.74) is 0. The topological polar surface area (TPSA) is 37.3 Å². The molecule has 0 aromatic rings. The predicted molar refractivity (Wildman–Crippen MR) is 46.0 cm³/mol. The minimum atomic E-state index is -0.632. The number of hydrogen-bond acceptors (Lipinski definition) is 1. The van der Waals surface area contributed by atoms with E-state index in [1.807, 2.05) is 0 Å². The van der Waals surface area contributed by atoms with Crippen molar-refractivity contribution in [1.29, 1.82) is 0 Å². The Bertz CT molecular complexity index is 119.